The molecule has 1 unspecified atom stereocenters. The quantitative estimate of drug-likeness (QED) is 0.745. The monoisotopic (exact) mass is 283 g/mol. The molecule has 1 N–H and O–H groups in total. The van der Waals surface area contributed by atoms with Crippen LogP contribution in [0.25, 0.3) is 0 Å². The van der Waals surface area contributed by atoms with Crippen molar-refractivity contribution < 1.29 is 18.7 Å². The van der Waals surface area contributed by atoms with Crippen molar-refractivity contribution in [2.75, 3.05) is 13.7 Å². The standard InChI is InChI=1S/C15H22FNO3/c1-4-6-14(15(18)19-5-2)20-13-8-7-11(10-17-3)9-12(13)16/h7-9,14,17H,4-6,10H2,1-3H3. The van der Waals surface area contributed by atoms with E-state index < -0.39 is 17.9 Å². The Bertz CT molecular complexity index is 437. The zero-order chi connectivity index (χ0) is 15.0. The maximum Gasteiger partial charge on any atom is 0.347 e. The number of halogens is 1. The van der Waals surface area contributed by atoms with Gasteiger partial charge in [-0.15, -0.1) is 0 Å². The van der Waals surface area contributed by atoms with Crippen molar-refractivity contribution >= 4 is 5.97 Å². The van der Waals surface area contributed by atoms with Crippen LogP contribution in [0.5, 0.6) is 5.75 Å². The summed E-state index contributed by atoms with van der Waals surface area (Å²) in [6.07, 6.45) is 0.490. The molecular formula is C15H22FNO3. The van der Waals surface area contributed by atoms with Gasteiger partial charge in [0.1, 0.15) is 0 Å². The van der Waals surface area contributed by atoms with Crippen LogP contribution in [0, 0.1) is 5.82 Å². The number of carbonyl (C=O) groups excluding carboxylic acids is 1. The lowest BCUT2D eigenvalue weighted by Gasteiger charge is -2.17. The molecule has 0 saturated heterocycles. The fourth-order valence-corrected chi connectivity index (χ4v) is 1.83. The van der Waals surface area contributed by atoms with Crippen LogP contribution in [0.3, 0.4) is 0 Å². The van der Waals surface area contributed by atoms with Crippen LogP contribution < -0.4 is 10.1 Å². The summed E-state index contributed by atoms with van der Waals surface area (Å²) in [5, 5.41) is 2.95. The molecule has 0 aliphatic rings. The predicted molar refractivity (Wildman–Crippen MR) is 75.1 cm³/mol. The molecule has 112 valence electrons. The third-order valence-electron chi connectivity index (χ3n) is 2.75. The Hall–Kier alpha value is -1.62. The molecule has 0 bridgehead atoms. The largest absolute Gasteiger partial charge is 0.476 e. The van der Waals surface area contributed by atoms with E-state index in [1.165, 1.54) is 6.07 Å². The van der Waals surface area contributed by atoms with Crippen molar-refractivity contribution in [1.29, 1.82) is 0 Å². The fraction of sp³-hybridized carbons (Fsp3) is 0.533. The number of hydrogen-bond donors (Lipinski definition) is 1. The van der Waals surface area contributed by atoms with Crippen molar-refractivity contribution in [1.82, 2.24) is 5.32 Å². The van der Waals surface area contributed by atoms with E-state index in [-0.39, 0.29) is 12.4 Å². The first-order valence-corrected chi connectivity index (χ1v) is 6.88. The SMILES string of the molecule is CCCC(Oc1ccc(CNC)cc1F)C(=O)OCC. The smallest absolute Gasteiger partial charge is 0.347 e. The molecule has 0 heterocycles. The zero-order valence-electron chi connectivity index (χ0n) is 12.2. The molecule has 0 saturated carbocycles. The maximum absolute atomic E-state index is 13.9. The van der Waals surface area contributed by atoms with Gasteiger partial charge < -0.3 is 14.8 Å². The molecule has 0 amide bonds. The first-order valence-electron chi connectivity index (χ1n) is 6.88. The second kappa shape index (κ2) is 8.53. The summed E-state index contributed by atoms with van der Waals surface area (Å²) in [7, 11) is 1.79. The van der Waals surface area contributed by atoms with E-state index in [9.17, 15) is 9.18 Å². The average molecular weight is 283 g/mol. The minimum Gasteiger partial charge on any atom is -0.476 e. The lowest BCUT2D eigenvalue weighted by Crippen LogP contribution is -2.29. The highest BCUT2D eigenvalue weighted by Gasteiger charge is 2.22. The minimum atomic E-state index is -0.760. The Kier molecular flexibility index (Phi) is 7.01. The minimum absolute atomic E-state index is 0.0800. The van der Waals surface area contributed by atoms with E-state index in [0.717, 1.165) is 12.0 Å². The van der Waals surface area contributed by atoms with E-state index in [1.807, 2.05) is 6.92 Å². The average Bonchev–Trinajstić information content (AvgIpc) is 2.41. The highest BCUT2D eigenvalue weighted by molar-refractivity contribution is 5.75. The first-order chi connectivity index (χ1) is 9.62. The summed E-state index contributed by atoms with van der Waals surface area (Å²) < 4.78 is 24.3. The fourth-order valence-electron chi connectivity index (χ4n) is 1.83. The second-order valence-corrected chi connectivity index (χ2v) is 4.44. The summed E-state index contributed by atoms with van der Waals surface area (Å²) in [4.78, 5) is 11.7. The van der Waals surface area contributed by atoms with E-state index in [2.05, 4.69) is 5.32 Å². The molecule has 1 atom stereocenters. The molecule has 0 aromatic heterocycles. The molecule has 0 fully saturated rings. The van der Waals surface area contributed by atoms with Gasteiger partial charge in [-0.05, 0) is 38.1 Å². The topological polar surface area (TPSA) is 47.6 Å². The molecule has 0 radical (unpaired) electrons. The van der Waals surface area contributed by atoms with Gasteiger partial charge in [-0.2, -0.15) is 0 Å². The van der Waals surface area contributed by atoms with Gasteiger partial charge in [-0.1, -0.05) is 19.4 Å². The number of ether oxygens (including phenoxy) is 2. The molecule has 1 rings (SSSR count). The van der Waals surface area contributed by atoms with Crippen LogP contribution >= 0.6 is 0 Å². The highest BCUT2D eigenvalue weighted by atomic mass is 19.1. The number of carbonyl (C=O) groups is 1. The third-order valence-corrected chi connectivity index (χ3v) is 2.75. The Balaban J connectivity index is 2.80. The van der Waals surface area contributed by atoms with Crippen LogP contribution in [0.2, 0.25) is 0 Å². The number of rotatable bonds is 8. The second-order valence-electron chi connectivity index (χ2n) is 4.44. The zero-order valence-corrected chi connectivity index (χ0v) is 12.2. The molecule has 20 heavy (non-hydrogen) atoms. The molecule has 0 spiro atoms. The van der Waals surface area contributed by atoms with E-state index >= 15 is 0 Å². The number of benzene rings is 1. The predicted octanol–water partition coefficient (Wildman–Crippen LogP) is 2.66. The van der Waals surface area contributed by atoms with Crippen molar-refractivity contribution in [2.45, 2.75) is 39.3 Å². The van der Waals surface area contributed by atoms with Gasteiger partial charge in [0, 0.05) is 6.54 Å². The highest BCUT2D eigenvalue weighted by Crippen LogP contribution is 2.21. The van der Waals surface area contributed by atoms with E-state index in [4.69, 9.17) is 9.47 Å². The van der Waals surface area contributed by atoms with Crippen LogP contribution in [-0.2, 0) is 16.1 Å². The molecule has 0 aliphatic carbocycles. The van der Waals surface area contributed by atoms with Crippen molar-refractivity contribution in [2.24, 2.45) is 0 Å². The summed E-state index contributed by atoms with van der Waals surface area (Å²) in [5.41, 5.74) is 0.820. The molecule has 4 nitrogen and oxygen atoms in total. The lowest BCUT2D eigenvalue weighted by molar-refractivity contribution is -0.151. The van der Waals surface area contributed by atoms with Gasteiger partial charge in [-0.25, -0.2) is 9.18 Å². The number of nitrogens with one attached hydrogen (secondary N) is 1. The summed E-state index contributed by atoms with van der Waals surface area (Å²) in [6, 6.07) is 4.72. The molecular weight excluding hydrogens is 261 g/mol. The van der Waals surface area contributed by atoms with Crippen LogP contribution in [-0.4, -0.2) is 25.7 Å². The summed E-state index contributed by atoms with van der Waals surface area (Å²) >= 11 is 0. The van der Waals surface area contributed by atoms with Gasteiger partial charge >= 0.3 is 5.97 Å². The van der Waals surface area contributed by atoms with Crippen LogP contribution in [0.15, 0.2) is 18.2 Å². The Labute approximate surface area is 119 Å². The summed E-state index contributed by atoms with van der Waals surface area (Å²) in [6.45, 7) is 4.52. The van der Waals surface area contributed by atoms with E-state index in [0.29, 0.717) is 13.0 Å². The van der Waals surface area contributed by atoms with Gasteiger partial charge in [0.05, 0.1) is 6.61 Å². The Morgan fingerprint density at radius 2 is 2.15 bits per heavy atom. The molecule has 1 aromatic carbocycles. The van der Waals surface area contributed by atoms with Gasteiger partial charge in [0.25, 0.3) is 0 Å². The van der Waals surface area contributed by atoms with Crippen molar-refractivity contribution in [3.8, 4) is 5.75 Å². The Morgan fingerprint density at radius 3 is 2.70 bits per heavy atom. The maximum atomic E-state index is 13.9. The summed E-state index contributed by atoms with van der Waals surface area (Å²) in [5.74, 6) is -0.840. The van der Waals surface area contributed by atoms with Crippen LogP contribution in [0.1, 0.15) is 32.3 Å². The number of esters is 1. The first kappa shape index (κ1) is 16.4. The number of hydrogen-bond acceptors (Lipinski definition) is 4. The lowest BCUT2D eigenvalue weighted by atomic mass is 10.2. The van der Waals surface area contributed by atoms with Crippen molar-refractivity contribution in [3.63, 3.8) is 0 Å². The van der Waals surface area contributed by atoms with Gasteiger partial charge in [0.2, 0.25) is 0 Å². The Morgan fingerprint density at radius 1 is 1.40 bits per heavy atom. The molecule has 5 heteroatoms. The molecule has 1 aromatic rings. The van der Waals surface area contributed by atoms with Gasteiger partial charge in [-0.3, -0.25) is 0 Å². The normalized spacial score (nSPS) is 12.0. The third kappa shape index (κ3) is 4.81. The van der Waals surface area contributed by atoms with Crippen molar-refractivity contribution in [3.05, 3.63) is 29.6 Å². The van der Waals surface area contributed by atoms with Gasteiger partial charge in [0.15, 0.2) is 17.7 Å². The molecule has 0 aliphatic heterocycles. The van der Waals surface area contributed by atoms with E-state index in [1.54, 1.807) is 26.1 Å². The van der Waals surface area contributed by atoms with Crippen LogP contribution in [0.4, 0.5) is 4.39 Å².